The van der Waals surface area contributed by atoms with Crippen LogP contribution in [0.5, 0.6) is 0 Å². The highest BCUT2D eigenvalue weighted by atomic mass is 16.5. The monoisotopic (exact) mass is 196 g/mol. The van der Waals surface area contributed by atoms with Crippen molar-refractivity contribution in [2.75, 3.05) is 6.61 Å². The second kappa shape index (κ2) is 3.95. The van der Waals surface area contributed by atoms with Crippen molar-refractivity contribution in [2.45, 2.75) is 27.2 Å². The normalized spacial score (nSPS) is 24.8. The highest BCUT2D eigenvalue weighted by molar-refractivity contribution is 6.06. The number of esters is 1. The first-order valence-electron chi connectivity index (χ1n) is 4.86. The van der Waals surface area contributed by atoms with Gasteiger partial charge in [0, 0.05) is 0 Å². The summed E-state index contributed by atoms with van der Waals surface area (Å²) in [4.78, 5) is 23.1. The Morgan fingerprint density at radius 1 is 1.64 bits per heavy atom. The van der Waals surface area contributed by atoms with Crippen molar-refractivity contribution in [3.05, 3.63) is 12.2 Å². The minimum absolute atomic E-state index is 0.139. The van der Waals surface area contributed by atoms with Crippen molar-refractivity contribution >= 4 is 11.8 Å². The molecule has 3 heteroatoms. The van der Waals surface area contributed by atoms with Gasteiger partial charge in [0.25, 0.3) is 0 Å². The zero-order valence-corrected chi connectivity index (χ0v) is 8.87. The third-order valence-corrected chi connectivity index (χ3v) is 2.51. The fraction of sp³-hybridized carbons (Fsp3) is 0.636. The Morgan fingerprint density at radius 3 is 2.79 bits per heavy atom. The van der Waals surface area contributed by atoms with Gasteiger partial charge in [-0.2, -0.15) is 0 Å². The third kappa shape index (κ3) is 2.03. The summed E-state index contributed by atoms with van der Waals surface area (Å²) in [5, 5.41) is 0. The Labute approximate surface area is 84.1 Å². The molecule has 0 radical (unpaired) electrons. The molecule has 78 valence electrons. The van der Waals surface area contributed by atoms with Crippen LogP contribution in [0.25, 0.3) is 0 Å². The lowest BCUT2D eigenvalue weighted by Crippen LogP contribution is -2.39. The van der Waals surface area contributed by atoms with E-state index < -0.39 is 11.9 Å². The molecule has 1 unspecified atom stereocenters. The molecule has 0 fully saturated rings. The molecule has 1 aliphatic rings. The number of ketones is 1. The third-order valence-electron chi connectivity index (χ3n) is 2.51. The van der Waals surface area contributed by atoms with Gasteiger partial charge in [-0.1, -0.05) is 19.9 Å². The molecule has 0 spiro atoms. The molecule has 0 aromatic carbocycles. The van der Waals surface area contributed by atoms with Gasteiger partial charge >= 0.3 is 5.97 Å². The molecule has 1 atom stereocenters. The molecule has 1 aliphatic carbocycles. The van der Waals surface area contributed by atoms with Gasteiger partial charge in [0.2, 0.25) is 0 Å². The second-order valence-electron chi connectivity index (χ2n) is 4.18. The van der Waals surface area contributed by atoms with Gasteiger partial charge in [-0.25, -0.2) is 0 Å². The van der Waals surface area contributed by atoms with E-state index in [1.807, 2.05) is 19.9 Å². The van der Waals surface area contributed by atoms with E-state index in [-0.39, 0.29) is 11.2 Å². The minimum Gasteiger partial charge on any atom is -0.465 e. The maximum atomic E-state index is 11.5. The van der Waals surface area contributed by atoms with E-state index in [1.54, 1.807) is 6.92 Å². The number of rotatable bonds is 2. The summed E-state index contributed by atoms with van der Waals surface area (Å²) in [5.41, 5.74) is -0.321. The van der Waals surface area contributed by atoms with E-state index in [0.29, 0.717) is 6.61 Å². The first-order chi connectivity index (χ1) is 6.49. The number of allylic oxidation sites excluding steroid dienone is 2. The van der Waals surface area contributed by atoms with Crippen LogP contribution in [-0.4, -0.2) is 18.4 Å². The van der Waals surface area contributed by atoms with Crippen LogP contribution in [0.15, 0.2) is 12.2 Å². The lowest BCUT2D eigenvalue weighted by atomic mass is 9.71. The molecule has 1 rings (SSSR count). The average Bonchev–Trinajstić information content (AvgIpc) is 2.02. The molecule has 0 amide bonds. The predicted molar refractivity (Wildman–Crippen MR) is 52.7 cm³/mol. The summed E-state index contributed by atoms with van der Waals surface area (Å²) < 4.78 is 4.89. The minimum atomic E-state index is -0.632. The smallest absolute Gasteiger partial charge is 0.317 e. The number of ether oxygens (including phenoxy) is 1. The molecule has 0 bridgehead atoms. The Bertz CT molecular complexity index is 276. The van der Waals surface area contributed by atoms with E-state index in [2.05, 4.69) is 0 Å². The van der Waals surface area contributed by atoms with Crippen LogP contribution in [0.3, 0.4) is 0 Å². The summed E-state index contributed by atoms with van der Waals surface area (Å²) in [5.74, 6) is -1.17. The highest BCUT2D eigenvalue weighted by Gasteiger charge is 2.41. The molecular weight excluding hydrogens is 180 g/mol. The fourth-order valence-electron chi connectivity index (χ4n) is 1.74. The van der Waals surface area contributed by atoms with Crippen LogP contribution in [-0.2, 0) is 14.3 Å². The van der Waals surface area contributed by atoms with Crippen LogP contribution in [0.1, 0.15) is 27.2 Å². The van der Waals surface area contributed by atoms with Crippen molar-refractivity contribution < 1.29 is 14.3 Å². The maximum absolute atomic E-state index is 11.5. The first-order valence-corrected chi connectivity index (χ1v) is 4.86. The van der Waals surface area contributed by atoms with Gasteiger partial charge in [0.15, 0.2) is 5.78 Å². The Balaban J connectivity index is 2.88. The molecule has 0 N–H and O–H groups in total. The van der Waals surface area contributed by atoms with Gasteiger partial charge < -0.3 is 4.74 Å². The van der Waals surface area contributed by atoms with Crippen LogP contribution < -0.4 is 0 Å². The molecular formula is C11H16O3. The predicted octanol–water partition coefficient (Wildman–Crippen LogP) is 1.72. The topological polar surface area (TPSA) is 43.4 Å². The van der Waals surface area contributed by atoms with Crippen molar-refractivity contribution in [3.8, 4) is 0 Å². The summed E-state index contributed by atoms with van der Waals surface area (Å²) in [7, 11) is 0. The summed E-state index contributed by atoms with van der Waals surface area (Å²) in [6.45, 7) is 5.89. The molecule has 14 heavy (non-hydrogen) atoms. The molecule has 3 nitrogen and oxygen atoms in total. The first kappa shape index (κ1) is 11.0. The van der Waals surface area contributed by atoms with Gasteiger partial charge in [0.1, 0.15) is 5.92 Å². The van der Waals surface area contributed by atoms with E-state index in [9.17, 15) is 9.59 Å². The van der Waals surface area contributed by atoms with Crippen molar-refractivity contribution in [1.82, 2.24) is 0 Å². The molecule has 0 aromatic rings. The van der Waals surface area contributed by atoms with Gasteiger partial charge in [-0.05, 0) is 24.8 Å². The van der Waals surface area contributed by atoms with E-state index in [1.165, 1.54) is 6.08 Å². The molecule has 0 heterocycles. The van der Waals surface area contributed by atoms with Crippen LogP contribution >= 0.6 is 0 Å². The highest BCUT2D eigenvalue weighted by Crippen LogP contribution is 2.36. The Hall–Kier alpha value is -1.12. The fourth-order valence-corrected chi connectivity index (χ4v) is 1.74. The van der Waals surface area contributed by atoms with E-state index in [0.717, 1.165) is 6.42 Å². The zero-order chi connectivity index (χ0) is 10.8. The molecule has 0 saturated heterocycles. The SMILES string of the molecule is CCOC(=O)C1C(=O)C=CCC1(C)C. The summed E-state index contributed by atoms with van der Waals surface area (Å²) in [6, 6.07) is 0. The zero-order valence-electron chi connectivity index (χ0n) is 8.87. The standard InChI is InChI=1S/C11H16O3/c1-4-14-10(13)9-8(12)6-5-7-11(9,2)3/h5-6,9H,4,7H2,1-3H3. The lowest BCUT2D eigenvalue weighted by molar-refractivity contribution is -0.155. The van der Waals surface area contributed by atoms with Gasteiger partial charge in [-0.15, -0.1) is 0 Å². The number of hydrogen-bond donors (Lipinski definition) is 0. The number of carbonyl (C=O) groups excluding carboxylic acids is 2. The van der Waals surface area contributed by atoms with Gasteiger partial charge in [-0.3, -0.25) is 9.59 Å². The largest absolute Gasteiger partial charge is 0.465 e. The van der Waals surface area contributed by atoms with Crippen LogP contribution in [0.4, 0.5) is 0 Å². The summed E-state index contributed by atoms with van der Waals surface area (Å²) >= 11 is 0. The summed E-state index contributed by atoms with van der Waals surface area (Å²) in [6.07, 6.45) is 4.03. The van der Waals surface area contributed by atoms with Crippen LogP contribution in [0.2, 0.25) is 0 Å². The van der Waals surface area contributed by atoms with E-state index in [4.69, 9.17) is 4.74 Å². The Kier molecular flexibility index (Phi) is 3.09. The van der Waals surface area contributed by atoms with E-state index >= 15 is 0 Å². The van der Waals surface area contributed by atoms with Crippen molar-refractivity contribution in [1.29, 1.82) is 0 Å². The van der Waals surface area contributed by atoms with Crippen LogP contribution in [0, 0.1) is 11.3 Å². The maximum Gasteiger partial charge on any atom is 0.317 e. The average molecular weight is 196 g/mol. The lowest BCUT2D eigenvalue weighted by Gasteiger charge is -2.32. The molecule has 0 aliphatic heterocycles. The molecule has 0 saturated carbocycles. The van der Waals surface area contributed by atoms with Gasteiger partial charge in [0.05, 0.1) is 6.61 Å². The van der Waals surface area contributed by atoms with Crippen molar-refractivity contribution in [3.63, 3.8) is 0 Å². The quantitative estimate of drug-likeness (QED) is 0.499. The number of carbonyl (C=O) groups is 2. The number of hydrogen-bond acceptors (Lipinski definition) is 3. The Morgan fingerprint density at radius 2 is 2.29 bits per heavy atom. The van der Waals surface area contributed by atoms with Crippen molar-refractivity contribution in [2.24, 2.45) is 11.3 Å². The second-order valence-corrected chi connectivity index (χ2v) is 4.18. The molecule has 0 aromatic heterocycles.